The van der Waals surface area contributed by atoms with Gasteiger partial charge in [-0.05, 0) is 55.3 Å². The van der Waals surface area contributed by atoms with E-state index < -0.39 is 10.0 Å². The maximum absolute atomic E-state index is 12.7. The van der Waals surface area contributed by atoms with Gasteiger partial charge < -0.3 is 19.1 Å². The van der Waals surface area contributed by atoms with Crippen LogP contribution in [-0.4, -0.2) is 44.3 Å². The number of nitrogens with one attached hydrogen (secondary N) is 2. The van der Waals surface area contributed by atoms with Crippen LogP contribution in [-0.2, 0) is 16.6 Å². The van der Waals surface area contributed by atoms with Gasteiger partial charge >= 0.3 is 0 Å². The van der Waals surface area contributed by atoms with Crippen LogP contribution in [0, 0.1) is 0 Å². The predicted octanol–water partition coefficient (Wildman–Crippen LogP) is 2.39. The van der Waals surface area contributed by atoms with Crippen molar-refractivity contribution in [2.75, 3.05) is 13.1 Å². The van der Waals surface area contributed by atoms with E-state index in [4.69, 9.17) is 8.83 Å². The summed E-state index contributed by atoms with van der Waals surface area (Å²) in [5.41, 5.74) is 0.250. The summed E-state index contributed by atoms with van der Waals surface area (Å²) in [4.78, 5) is 26.7. The summed E-state index contributed by atoms with van der Waals surface area (Å²) in [7, 11) is -3.81. The average molecular weight is 458 g/mol. The zero-order valence-corrected chi connectivity index (χ0v) is 18.0. The molecule has 4 rings (SSSR count). The Kier molecular flexibility index (Phi) is 6.42. The number of amides is 2. The number of piperidine rings is 1. The number of carbonyl (C=O) groups is 2. The second kappa shape index (κ2) is 9.41. The van der Waals surface area contributed by atoms with Gasteiger partial charge in [0.2, 0.25) is 10.0 Å². The summed E-state index contributed by atoms with van der Waals surface area (Å²) in [6, 6.07) is 12.4. The van der Waals surface area contributed by atoms with Gasteiger partial charge in [-0.15, -0.1) is 0 Å². The molecule has 1 aliphatic rings. The molecule has 2 aromatic heterocycles. The average Bonchev–Trinajstić information content (AvgIpc) is 3.52. The van der Waals surface area contributed by atoms with Crippen LogP contribution in [0.15, 0.2) is 74.8 Å². The molecule has 168 valence electrons. The molecule has 2 N–H and O–H groups in total. The minimum Gasteiger partial charge on any atom is -0.468 e. The van der Waals surface area contributed by atoms with Crippen LogP contribution in [0.25, 0.3) is 0 Å². The Bertz CT molecular complexity index is 1160. The summed E-state index contributed by atoms with van der Waals surface area (Å²) in [5.74, 6) is 0.258. The van der Waals surface area contributed by atoms with Crippen molar-refractivity contribution < 1.29 is 26.8 Å². The van der Waals surface area contributed by atoms with Gasteiger partial charge in [-0.1, -0.05) is 6.07 Å². The van der Waals surface area contributed by atoms with E-state index in [2.05, 4.69) is 10.0 Å². The summed E-state index contributed by atoms with van der Waals surface area (Å²) in [5, 5.41) is 2.93. The quantitative estimate of drug-likeness (QED) is 0.562. The van der Waals surface area contributed by atoms with Crippen molar-refractivity contribution in [3.63, 3.8) is 0 Å². The summed E-state index contributed by atoms with van der Waals surface area (Å²) < 4.78 is 37.9. The number of nitrogens with zero attached hydrogens (tertiary/aromatic N) is 1. The van der Waals surface area contributed by atoms with Crippen LogP contribution >= 0.6 is 0 Å². The number of hydrogen-bond acceptors (Lipinski definition) is 6. The Hall–Kier alpha value is -3.37. The van der Waals surface area contributed by atoms with E-state index in [0.717, 1.165) is 0 Å². The third-order valence-electron chi connectivity index (χ3n) is 5.27. The molecule has 0 unspecified atom stereocenters. The van der Waals surface area contributed by atoms with Crippen LogP contribution in [0.4, 0.5) is 0 Å². The van der Waals surface area contributed by atoms with Gasteiger partial charge in [0.05, 0.1) is 24.0 Å². The molecule has 0 saturated carbocycles. The Morgan fingerprint density at radius 1 is 1.00 bits per heavy atom. The molecule has 0 bridgehead atoms. The van der Waals surface area contributed by atoms with E-state index in [-0.39, 0.29) is 34.9 Å². The Morgan fingerprint density at radius 3 is 2.44 bits per heavy atom. The third kappa shape index (κ3) is 5.09. The monoisotopic (exact) mass is 457 g/mol. The first-order valence-electron chi connectivity index (χ1n) is 10.2. The van der Waals surface area contributed by atoms with Gasteiger partial charge in [0.25, 0.3) is 11.8 Å². The maximum atomic E-state index is 12.7. The zero-order chi connectivity index (χ0) is 22.6. The van der Waals surface area contributed by atoms with Gasteiger partial charge in [-0.2, -0.15) is 0 Å². The van der Waals surface area contributed by atoms with Crippen molar-refractivity contribution in [2.45, 2.75) is 30.3 Å². The van der Waals surface area contributed by atoms with E-state index in [0.29, 0.717) is 37.5 Å². The van der Waals surface area contributed by atoms with Gasteiger partial charge in [-0.25, -0.2) is 13.1 Å². The summed E-state index contributed by atoms with van der Waals surface area (Å²) >= 11 is 0. The summed E-state index contributed by atoms with van der Waals surface area (Å²) in [6.07, 6.45) is 4.12. The largest absolute Gasteiger partial charge is 0.468 e. The van der Waals surface area contributed by atoms with Crippen molar-refractivity contribution in [1.82, 2.24) is 14.9 Å². The fourth-order valence-corrected chi connectivity index (χ4v) is 4.56. The van der Waals surface area contributed by atoms with Gasteiger partial charge in [0.1, 0.15) is 5.76 Å². The first-order chi connectivity index (χ1) is 15.4. The molecule has 1 aliphatic heterocycles. The Balaban J connectivity index is 1.33. The highest BCUT2D eigenvalue weighted by atomic mass is 32.2. The molecular weight excluding hydrogens is 434 g/mol. The fourth-order valence-electron chi connectivity index (χ4n) is 3.52. The number of hydrogen-bond donors (Lipinski definition) is 2. The van der Waals surface area contributed by atoms with E-state index >= 15 is 0 Å². The highest BCUT2D eigenvalue weighted by Crippen LogP contribution is 2.16. The SMILES string of the molecule is O=C(NC1CCN(C(=O)c2ccco2)CC1)c1cccc(S(=O)(=O)NCc2ccco2)c1. The highest BCUT2D eigenvalue weighted by Gasteiger charge is 2.26. The van der Waals surface area contributed by atoms with Crippen LogP contribution in [0.2, 0.25) is 0 Å². The molecule has 3 heterocycles. The lowest BCUT2D eigenvalue weighted by Gasteiger charge is -2.31. The van der Waals surface area contributed by atoms with Crippen molar-refractivity contribution >= 4 is 21.8 Å². The van der Waals surface area contributed by atoms with Crippen LogP contribution in [0.1, 0.15) is 39.5 Å². The van der Waals surface area contributed by atoms with Gasteiger partial charge in [0, 0.05) is 24.7 Å². The van der Waals surface area contributed by atoms with E-state index in [1.807, 2.05) is 0 Å². The first kappa shape index (κ1) is 21.8. The molecule has 1 saturated heterocycles. The van der Waals surface area contributed by atoms with Crippen LogP contribution < -0.4 is 10.0 Å². The lowest BCUT2D eigenvalue weighted by atomic mass is 10.0. The smallest absolute Gasteiger partial charge is 0.289 e. The number of benzene rings is 1. The van der Waals surface area contributed by atoms with Crippen LogP contribution in [0.5, 0.6) is 0 Å². The highest BCUT2D eigenvalue weighted by molar-refractivity contribution is 7.89. The van der Waals surface area contributed by atoms with Gasteiger partial charge in [0.15, 0.2) is 5.76 Å². The molecule has 10 heteroatoms. The normalized spacial score (nSPS) is 14.9. The molecule has 32 heavy (non-hydrogen) atoms. The first-order valence-corrected chi connectivity index (χ1v) is 11.7. The van der Waals surface area contributed by atoms with Crippen LogP contribution in [0.3, 0.4) is 0 Å². The molecule has 0 atom stereocenters. The molecule has 3 aromatic rings. The maximum Gasteiger partial charge on any atom is 0.289 e. The van der Waals surface area contributed by atoms with Crippen molar-refractivity contribution in [1.29, 1.82) is 0 Å². The molecule has 0 aliphatic carbocycles. The lowest BCUT2D eigenvalue weighted by molar-refractivity contribution is 0.0667. The predicted molar refractivity (Wildman–Crippen MR) is 114 cm³/mol. The van der Waals surface area contributed by atoms with E-state index in [1.54, 1.807) is 35.2 Å². The Morgan fingerprint density at radius 2 is 1.75 bits per heavy atom. The number of furan rings is 2. The molecule has 1 aromatic carbocycles. The van der Waals surface area contributed by atoms with E-state index in [9.17, 15) is 18.0 Å². The minimum atomic E-state index is -3.81. The van der Waals surface area contributed by atoms with Crippen molar-refractivity contribution in [3.8, 4) is 0 Å². The second-order valence-electron chi connectivity index (χ2n) is 7.45. The number of rotatable bonds is 7. The number of likely N-dealkylation sites (tertiary alicyclic amines) is 1. The third-order valence-corrected chi connectivity index (χ3v) is 6.67. The molecule has 2 amide bonds. The molecule has 9 nitrogen and oxygen atoms in total. The van der Waals surface area contributed by atoms with Crippen molar-refractivity contribution in [3.05, 3.63) is 78.1 Å². The molecular formula is C22H23N3O6S. The number of carbonyl (C=O) groups excluding carboxylic acids is 2. The zero-order valence-electron chi connectivity index (χ0n) is 17.2. The number of sulfonamides is 1. The molecule has 0 spiro atoms. The molecule has 0 radical (unpaired) electrons. The van der Waals surface area contributed by atoms with Crippen molar-refractivity contribution in [2.24, 2.45) is 0 Å². The summed E-state index contributed by atoms with van der Waals surface area (Å²) in [6.45, 7) is 1.01. The second-order valence-corrected chi connectivity index (χ2v) is 9.22. The molecule has 1 fully saturated rings. The van der Waals surface area contributed by atoms with E-state index in [1.165, 1.54) is 30.7 Å². The standard InChI is InChI=1S/C22H23N3O6S/c26-21(24-17-8-10-25(11-9-17)22(27)20-7-3-13-31-20)16-4-1-6-19(14-16)32(28,29)23-15-18-5-2-12-30-18/h1-7,12-14,17,23H,8-11,15H2,(H,24,26). The lowest BCUT2D eigenvalue weighted by Crippen LogP contribution is -2.46. The fraction of sp³-hybridized carbons (Fsp3) is 0.273. The topological polar surface area (TPSA) is 122 Å². The van der Waals surface area contributed by atoms with Gasteiger partial charge in [-0.3, -0.25) is 9.59 Å². The minimum absolute atomic E-state index is 0.00410. The Labute approximate surface area is 185 Å².